The maximum atomic E-state index is 13.2. The van der Waals surface area contributed by atoms with Crippen molar-refractivity contribution in [2.24, 2.45) is 0 Å². The summed E-state index contributed by atoms with van der Waals surface area (Å²) in [6, 6.07) is 5.75. The van der Waals surface area contributed by atoms with E-state index in [1.54, 1.807) is 30.3 Å². The Labute approximate surface area is 184 Å². The molecule has 1 saturated heterocycles. The van der Waals surface area contributed by atoms with E-state index in [1.165, 1.54) is 24.9 Å². The molecule has 11 heteroatoms. The maximum absolute atomic E-state index is 13.2. The van der Waals surface area contributed by atoms with Gasteiger partial charge in [-0.1, -0.05) is 29.8 Å². The van der Waals surface area contributed by atoms with Gasteiger partial charge in [0.1, 0.15) is 16.7 Å². The second-order valence-corrected chi connectivity index (χ2v) is 8.50. The van der Waals surface area contributed by atoms with Crippen molar-refractivity contribution >= 4 is 45.9 Å². The molecule has 162 valence electrons. The van der Waals surface area contributed by atoms with Gasteiger partial charge >= 0.3 is 12.2 Å². The van der Waals surface area contributed by atoms with Crippen molar-refractivity contribution in [2.75, 3.05) is 11.5 Å². The minimum Gasteiger partial charge on any atom is -0.482 e. The smallest absolute Gasteiger partial charge is 0.422 e. The normalized spacial score (nSPS) is 20.9. The Morgan fingerprint density at radius 1 is 1.26 bits per heavy atom. The zero-order valence-electron chi connectivity index (χ0n) is 15.9. The number of amides is 3. The fraction of sp³-hybridized carbons (Fsp3) is 0.250. The first-order chi connectivity index (χ1) is 14.7. The van der Waals surface area contributed by atoms with Gasteiger partial charge in [0.25, 0.3) is 5.91 Å². The molecule has 1 aromatic carbocycles. The second-order valence-electron chi connectivity index (χ2n) is 6.91. The molecule has 0 saturated carbocycles. The van der Waals surface area contributed by atoms with Crippen molar-refractivity contribution in [3.8, 4) is 5.75 Å². The zero-order valence-corrected chi connectivity index (χ0v) is 17.5. The summed E-state index contributed by atoms with van der Waals surface area (Å²) in [5, 5.41) is 2.51. The molecule has 0 aliphatic carbocycles. The molecule has 1 N–H and O–H groups in total. The Kier molecular flexibility index (Phi) is 5.61. The number of fused-ring (bicyclic) bond motifs is 1. The average molecular weight is 470 g/mol. The number of imide groups is 1. The van der Waals surface area contributed by atoms with Crippen molar-refractivity contribution in [3.63, 3.8) is 0 Å². The molecule has 1 fully saturated rings. The highest BCUT2D eigenvalue weighted by atomic mass is 35.5. The number of thioether (sulfide) groups is 1. The van der Waals surface area contributed by atoms with Crippen LogP contribution in [0.3, 0.4) is 0 Å². The number of aromatic nitrogens is 1. The highest BCUT2D eigenvalue weighted by Gasteiger charge is 2.46. The van der Waals surface area contributed by atoms with Crippen molar-refractivity contribution in [3.05, 3.63) is 58.9 Å². The zero-order chi connectivity index (χ0) is 22.3. The number of nitrogens with one attached hydrogen (secondary N) is 1. The number of ether oxygens (including phenoxy) is 1. The van der Waals surface area contributed by atoms with Crippen LogP contribution < -0.4 is 15.0 Å². The van der Waals surface area contributed by atoms with Crippen LogP contribution in [0.4, 0.5) is 23.7 Å². The van der Waals surface area contributed by atoms with E-state index in [0.29, 0.717) is 5.02 Å². The maximum Gasteiger partial charge on any atom is 0.422 e. The Balaban J connectivity index is 1.64. The first-order valence-corrected chi connectivity index (χ1v) is 10.3. The van der Waals surface area contributed by atoms with E-state index in [2.05, 4.69) is 10.3 Å². The number of alkyl halides is 3. The molecule has 2 unspecified atom stereocenters. The number of carbonyl (C=O) groups excluding carboxylic acids is 2. The predicted molar refractivity (Wildman–Crippen MR) is 111 cm³/mol. The number of hydrogen-bond donors (Lipinski definition) is 1. The number of carbonyl (C=O) groups is 2. The van der Waals surface area contributed by atoms with Crippen LogP contribution in [0.15, 0.2) is 42.7 Å². The van der Waals surface area contributed by atoms with E-state index in [-0.39, 0.29) is 17.0 Å². The summed E-state index contributed by atoms with van der Waals surface area (Å²) in [7, 11) is 0. The van der Waals surface area contributed by atoms with Crippen LogP contribution in [-0.4, -0.2) is 41.0 Å². The van der Waals surface area contributed by atoms with E-state index < -0.39 is 36.0 Å². The number of nitrogens with zero attached hydrogens (tertiary/aromatic N) is 2. The van der Waals surface area contributed by atoms with Crippen LogP contribution >= 0.6 is 23.4 Å². The molecular weight excluding hydrogens is 455 g/mol. The third-order valence-electron chi connectivity index (χ3n) is 4.68. The Hall–Kier alpha value is -2.72. The van der Waals surface area contributed by atoms with Gasteiger partial charge in [0.05, 0.1) is 12.2 Å². The minimum atomic E-state index is -4.58. The number of anilines is 1. The molecule has 3 heterocycles. The van der Waals surface area contributed by atoms with Crippen LogP contribution in [0.5, 0.6) is 5.75 Å². The fourth-order valence-corrected chi connectivity index (χ4v) is 4.93. The van der Waals surface area contributed by atoms with E-state index in [0.717, 1.165) is 21.6 Å². The lowest BCUT2D eigenvalue weighted by atomic mass is 10.1. The topological polar surface area (TPSA) is 71.5 Å². The van der Waals surface area contributed by atoms with Crippen LogP contribution in [0.25, 0.3) is 4.91 Å². The largest absolute Gasteiger partial charge is 0.482 e. The molecule has 0 radical (unpaired) electrons. The van der Waals surface area contributed by atoms with Crippen molar-refractivity contribution in [1.82, 2.24) is 10.3 Å². The van der Waals surface area contributed by atoms with Crippen LogP contribution in [0.2, 0.25) is 5.02 Å². The summed E-state index contributed by atoms with van der Waals surface area (Å²) in [4.78, 5) is 31.4. The van der Waals surface area contributed by atoms with Gasteiger partial charge in [-0.25, -0.2) is 9.69 Å². The Morgan fingerprint density at radius 2 is 2.00 bits per heavy atom. The Morgan fingerprint density at radius 3 is 2.71 bits per heavy atom. The molecule has 0 spiro atoms. The van der Waals surface area contributed by atoms with Gasteiger partial charge in [-0.2, -0.15) is 13.2 Å². The van der Waals surface area contributed by atoms with Crippen molar-refractivity contribution < 1.29 is 27.5 Å². The van der Waals surface area contributed by atoms with Gasteiger partial charge < -0.3 is 10.1 Å². The van der Waals surface area contributed by atoms with Gasteiger partial charge in [0, 0.05) is 27.3 Å². The number of hydrogen-bond acceptors (Lipinski definition) is 5. The Bertz CT molecular complexity index is 1090. The lowest BCUT2D eigenvalue weighted by Gasteiger charge is -2.33. The SMILES string of the molecule is Cc1cncc(N2C(=O)NC3C=C(c4ccccc4Cl)SC3C2=O)c1OCC(F)(F)F. The van der Waals surface area contributed by atoms with Gasteiger partial charge in [0.15, 0.2) is 6.61 Å². The minimum absolute atomic E-state index is 0.142. The molecule has 2 atom stereocenters. The molecule has 31 heavy (non-hydrogen) atoms. The number of aryl methyl sites for hydroxylation is 1. The standard InChI is InChI=1S/C20H15ClF3N3O3S/c1-10-7-25-8-14(16(10)30-9-20(22,23)24)27-18(28)17-13(26-19(27)29)6-15(31-17)11-4-2-3-5-12(11)21/h2-8,13,17H,9H2,1H3,(H,26,29). The molecular formula is C20H15ClF3N3O3S. The van der Waals surface area contributed by atoms with E-state index in [4.69, 9.17) is 16.3 Å². The lowest BCUT2D eigenvalue weighted by molar-refractivity contribution is -0.153. The molecule has 0 bridgehead atoms. The molecule has 2 aliphatic rings. The number of urea groups is 1. The third-order valence-corrected chi connectivity index (χ3v) is 6.37. The van der Waals surface area contributed by atoms with Crippen LogP contribution in [0.1, 0.15) is 11.1 Å². The van der Waals surface area contributed by atoms with E-state index in [1.807, 2.05) is 0 Å². The molecule has 4 rings (SSSR count). The predicted octanol–water partition coefficient (Wildman–Crippen LogP) is 4.57. The number of pyridine rings is 1. The first-order valence-electron chi connectivity index (χ1n) is 9.07. The summed E-state index contributed by atoms with van der Waals surface area (Å²) in [5.74, 6) is -0.808. The molecule has 1 aromatic heterocycles. The third kappa shape index (κ3) is 4.22. The monoisotopic (exact) mass is 469 g/mol. The van der Waals surface area contributed by atoms with Gasteiger partial charge in [-0.15, -0.1) is 11.8 Å². The van der Waals surface area contributed by atoms with Crippen molar-refractivity contribution in [2.45, 2.75) is 24.4 Å². The van der Waals surface area contributed by atoms with Gasteiger partial charge in [-0.05, 0) is 19.1 Å². The summed E-state index contributed by atoms with van der Waals surface area (Å²) < 4.78 is 43.0. The number of halogens is 4. The lowest BCUT2D eigenvalue weighted by Crippen LogP contribution is -2.60. The fourth-order valence-electron chi connectivity index (χ4n) is 3.34. The summed E-state index contributed by atoms with van der Waals surface area (Å²) in [6.45, 7) is -0.0771. The van der Waals surface area contributed by atoms with E-state index in [9.17, 15) is 22.8 Å². The highest BCUT2D eigenvalue weighted by Crippen LogP contribution is 2.45. The summed E-state index contributed by atoms with van der Waals surface area (Å²) in [5.41, 5.74) is 0.846. The number of benzene rings is 1. The van der Waals surface area contributed by atoms with E-state index >= 15 is 0 Å². The first kappa shape index (κ1) is 21.5. The van der Waals surface area contributed by atoms with Gasteiger partial charge in [0.2, 0.25) is 0 Å². The van der Waals surface area contributed by atoms with Crippen LogP contribution in [0, 0.1) is 6.92 Å². The summed E-state index contributed by atoms with van der Waals surface area (Å²) in [6.07, 6.45) is -0.398. The highest BCUT2D eigenvalue weighted by molar-refractivity contribution is 8.09. The molecule has 2 aromatic rings. The van der Waals surface area contributed by atoms with Gasteiger partial charge in [-0.3, -0.25) is 9.78 Å². The van der Waals surface area contributed by atoms with Crippen LogP contribution in [-0.2, 0) is 4.79 Å². The summed E-state index contributed by atoms with van der Waals surface area (Å²) >= 11 is 7.48. The molecule has 3 amide bonds. The quantitative estimate of drug-likeness (QED) is 0.710. The van der Waals surface area contributed by atoms with Crippen molar-refractivity contribution in [1.29, 1.82) is 0 Å². The second kappa shape index (κ2) is 8.08. The molecule has 2 aliphatic heterocycles. The average Bonchev–Trinajstić information content (AvgIpc) is 3.11. The molecule has 6 nitrogen and oxygen atoms in total. The number of rotatable bonds is 4.